The van der Waals surface area contributed by atoms with Gasteiger partial charge in [0, 0.05) is 16.4 Å². The summed E-state index contributed by atoms with van der Waals surface area (Å²) < 4.78 is 39.7. The van der Waals surface area contributed by atoms with E-state index in [0.29, 0.717) is 0 Å². The van der Waals surface area contributed by atoms with E-state index in [4.69, 9.17) is 0 Å². The van der Waals surface area contributed by atoms with Crippen molar-refractivity contribution >= 4 is 45.2 Å². The van der Waals surface area contributed by atoms with Crippen LogP contribution in [-0.2, 0) is 15.8 Å². The molecule has 2 amide bonds. The standard InChI is InChI=1S/C18H16BrF3N2O2S/c1-24(17(26)11-27-15-9-5-3-7-13(15)19)10-16(25)23-14-8-4-2-6-12(14)18(20,21)22/h2-9H,10-11H2,1H3,(H,23,25). The lowest BCUT2D eigenvalue weighted by Crippen LogP contribution is -2.36. The lowest BCUT2D eigenvalue weighted by atomic mass is 10.1. The molecule has 0 aromatic heterocycles. The van der Waals surface area contributed by atoms with Crippen molar-refractivity contribution in [3.05, 3.63) is 58.6 Å². The molecule has 0 aliphatic rings. The Bertz CT molecular complexity index is 830. The van der Waals surface area contributed by atoms with Gasteiger partial charge in [0.05, 0.1) is 23.5 Å². The number of nitrogens with one attached hydrogen (secondary N) is 1. The van der Waals surface area contributed by atoms with E-state index in [0.717, 1.165) is 15.4 Å². The zero-order valence-corrected chi connectivity index (χ0v) is 16.6. The van der Waals surface area contributed by atoms with Crippen molar-refractivity contribution in [1.82, 2.24) is 4.90 Å². The summed E-state index contributed by atoms with van der Waals surface area (Å²) in [4.78, 5) is 26.3. The molecule has 0 aliphatic heterocycles. The number of carbonyl (C=O) groups is 2. The van der Waals surface area contributed by atoms with Gasteiger partial charge in [-0.25, -0.2) is 0 Å². The van der Waals surface area contributed by atoms with Gasteiger partial charge < -0.3 is 10.2 Å². The summed E-state index contributed by atoms with van der Waals surface area (Å²) >= 11 is 4.68. The first-order valence-electron chi connectivity index (χ1n) is 7.76. The van der Waals surface area contributed by atoms with Crippen LogP contribution in [0.15, 0.2) is 57.9 Å². The van der Waals surface area contributed by atoms with Crippen LogP contribution in [0.3, 0.4) is 0 Å². The molecular weight excluding hydrogens is 445 g/mol. The molecule has 0 bridgehead atoms. The van der Waals surface area contributed by atoms with Crippen molar-refractivity contribution < 1.29 is 22.8 Å². The molecule has 0 saturated heterocycles. The highest BCUT2D eigenvalue weighted by Gasteiger charge is 2.33. The summed E-state index contributed by atoms with van der Waals surface area (Å²) in [7, 11) is 1.43. The van der Waals surface area contributed by atoms with Gasteiger partial charge in [0.2, 0.25) is 11.8 Å². The molecule has 4 nitrogen and oxygen atoms in total. The predicted octanol–water partition coefficient (Wildman–Crippen LogP) is 4.66. The van der Waals surface area contributed by atoms with Crippen LogP contribution < -0.4 is 5.32 Å². The number of nitrogens with zero attached hydrogens (tertiary/aromatic N) is 1. The van der Waals surface area contributed by atoms with Crippen LogP contribution in [0.25, 0.3) is 0 Å². The molecule has 2 aromatic rings. The molecule has 0 fully saturated rings. The van der Waals surface area contributed by atoms with Crippen molar-refractivity contribution in [1.29, 1.82) is 0 Å². The number of alkyl halides is 3. The van der Waals surface area contributed by atoms with Crippen molar-refractivity contribution in [2.45, 2.75) is 11.1 Å². The summed E-state index contributed by atoms with van der Waals surface area (Å²) in [6, 6.07) is 12.1. The lowest BCUT2D eigenvalue weighted by molar-refractivity contribution is -0.137. The van der Waals surface area contributed by atoms with Gasteiger partial charge in [-0.3, -0.25) is 9.59 Å². The smallest absolute Gasteiger partial charge is 0.336 e. The molecular formula is C18H16BrF3N2O2S. The number of thioether (sulfide) groups is 1. The Balaban J connectivity index is 1.92. The fourth-order valence-electron chi connectivity index (χ4n) is 2.14. The third-order valence-electron chi connectivity index (χ3n) is 3.50. The van der Waals surface area contributed by atoms with Crippen LogP contribution in [0.5, 0.6) is 0 Å². The van der Waals surface area contributed by atoms with Gasteiger partial charge in [-0.05, 0) is 40.2 Å². The second-order valence-electron chi connectivity index (χ2n) is 5.56. The molecule has 0 aliphatic carbocycles. The van der Waals surface area contributed by atoms with E-state index in [9.17, 15) is 22.8 Å². The van der Waals surface area contributed by atoms with Crippen LogP contribution in [0.2, 0.25) is 0 Å². The minimum atomic E-state index is -4.58. The largest absolute Gasteiger partial charge is 0.418 e. The molecule has 0 saturated carbocycles. The van der Waals surface area contributed by atoms with Gasteiger partial charge in [-0.2, -0.15) is 13.2 Å². The van der Waals surface area contributed by atoms with Gasteiger partial charge >= 0.3 is 6.18 Å². The van der Waals surface area contributed by atoms with E-state index in [1.165, 1.54) is 41.9 Å². The highest BCUT2D eigenvalue weighted by molar-refractivity contribution is 9.10. The highest BCUT2D eigenvalue weighted by atomic mass is 79.9. The number of anilines is 1. The summed E-state index contributed by atoms with van der Waals surface area (Å²) in [6.45, 7) is -0.346. The maximum Gasteiger partial charge on any atom is 0.418 e. The lowest BCUT2D eigenvalue weighted by Gasteiger charge is -2.18. The third-order valence-corrected chi connectivity index (χ3v) is 5.51. The molecule has 2 aromatic carbocycles. The van der Waals surface area contributed by atoms with Crippen molar-refractivity contribution in [2.24, 2.45) is 0 Å². The molecule has 0 heterocycles. The van der Waals surface area contributed by atoms with E-state index in [1.807, 2.05) is 24.3 Å². The Morgan fingerprint density at radius 3 is 2.41 bits per heavy atom. The summed E-state index contributed by atoms with van der Waals surface area (Å²) in [6.07, 6.45) is -4.58. The van der Waals surface area contributed by atoms with E-state index < -0.39 is 17.6 Å². The fraction of sp³-hybridized carbons (Fsp3) is 0.222. The first kappa shape index (κ1) is 21.3. The molecule has 9 heteroatoms. The fourth-order valence-corrected chi connectivity index (χ4v) is 3.65. The van der Waals surface area contributed by atoms with Gasteiger partial charge in [-0.1, -0.05) is 24.3 Å². The van der Waals surface area contributed by atoms with Crippen LogP contribution in [0.1, 0.15) is 5.56 Å². The predicted molar refractivity (Wildman–Crippen MR) is 103 cm³/mol. The third kappa shape index (κ3) is 6.28. The van der Waals surface area contributed by atoms with Crippen molar-refractivity contribution in [3.63, 3.8) is 0 Å². The number of amides is 2. The van der Waals surface area contributed by atoms with E-state index in [-0.39, 0.29) is 23.9 Å². The molecule has 0 unspecified atom stereocenters. The van der Waals surface area contributed by atoms with E-state index in [2.05, 4.69) is 21.2 Å². The van der Waals surface area contributed by atoms with Crippen LogP contribution in [-0.4, -0.2) is 36.1 Å². The van der Waals surface area contributed by atoms with E-state index >= 15 is 0 Å². The van der Waals surface area contributed by atoms with Gasteiger partial charge in [0.25, 0.3) is 0 Å². The Morgan fingerprint density at radius 2 is 1.74 bits per heavy atom. The topological polar surface area (TPSA) is 49.4 Å². The highest BCUT2D eigenvalue weighted by Crippen LogP contribution is 2.34. The van der Waals surface area contributed by atoms with Crippen molar-refractivity contribution in [3.8, 4) is 0 Å². The average Bonchev–Trinajstić information content (AvgIpc) is 2.60. The Hall–Kier alpha value is -2.00. The maximum atomic E-state index is 13.0. The maximum absolute atomic E-state index is 13.0. The number of likely N-dealkylation sites (N-methyl/N-ethyl adjacent to an activating group) is 1. The zero-order chi connectivity index (χ0) is 20.0. The number of carbonyl (C=O) groups excluding carboxylic acids is 2. The zero-order valence-electron chi connectivity index (χ0n) is 14.2. The quantitative estimate of drug-likeness (QED) is 0.637. The van der Waals surface area contributed by atoms with Gasteiger partial charge in [0.1, 0.15) is 0 Å². The second kappa shape index (κ2) is 9.27. The van der Waals surface area contributed by atoms with Gasteiger partial charge in [0.15, 0.2) is 0 Å². The van der Waals surface area contributed by atoms with Crippen LogP contribution in [0, 0.1) is 0 Å². The minimum Gasteiger partial charge on any atom is -0.336 e. The summed E-state index contributed by atoms with van der Waals surface area (Å²) in [5.41, 5.74) is -1.27. The Morgan fingerprint density at radius 1 is 1.11 bits per heavy atom. The van der Waals surface area contributed by atoms with Crippen LogP contribution >= 0.6 is 27.7 Å². The number of halogens is 4. The van der Waals surface area contributed by atoms with Gasteiger partial charge in [-0.15, -0.1) is 11.8 Å². The molecule has 2 rings (SSSR count). The van der Waals surface area contributed by atoms with E-state index in [1.54, 1.807) is 0 Å². The molecule has 0 spiro atoms. The number of benzene rings is 2. The average molecular weight is 461 g/mol. The Labute approximate surface area is 167 Å². The minimum absolute atomic E-state index is 0.103. The monoisotopic (exact) mass is 460 g/mol. The first-order chi connectivity index (χ1) is 12.7. The molecule has 144 valence electrons. The number of rotatable bonds is 6. The normalized spacial score (nSPS) is 11.1. The number of para-hydroxylation sites is 1. The SMILES string of the molecule is CN(CC(=O)Nc1ccccc1C(F)(F)F)C(=O)CSc1ccccc1Br. The molecule has 1 N–H and O–H groups in total. The number of hydrogen-bond donors (Lipinski definition) is 1. The molecule has 0 radical (unpaired) electrons. The van der Waals surface area contributed by atoms with Crippen molar-refractivity contribution in [2.75, 3.05) is 24.7 Å². The molecule has 0 atom stereocenters. The summed E-state index contributed by atoms with van der Waals surface area (Å²) in [5, 5.41) is 2.22. The Kier molecular flexibility index (Phi) is 7.32. The number of hydrogen-bond acceptors (Lipinski definition) is 3. The molecule has 27 heavy (non-hydrogen) atoms. The summed E-state index contributed by atoms with van der Waals surface area (Å²) in [5.74, 6) is -0.908. The first-order valence-corrected chi connectivity index (χ1v) is 9.53. The second-order valence-corrected chi connectivity index (χ2v) is 7.43. The van der Waals surface area contributed by atoms with Crippen LogP contribution in [0.4, 0.5) is 18.9 Å².